The van der Waals surface area contributed by atoms with E-state index in [0.29, 0.717) is 24.6 Å². The molecule has 2 aromatic rings. The van der Waals surface area contributed by atoms with Crippen LogP contribution in [0.3, 0.4) is 0 Å². The third-order valence-electron chi connectivity index (χ3n) is 4.70. The number of carbonyl (C=O) groups excluding carboxylic acids is 1. The molecule has 1 fully saturated rings. The summed E-state index contributed by atoms with van der Waals surface area (Å²) in [5.74, 6) is 0.279. The molecule has 0 spiro atoms. The lowest BCUT2D eigenvalue weighted by atomic mass is 9.98. The number of nitrogens with one attached hydrogen (secondary N) is 1. The quantitative estimate of drug-likeness (QED) is 0.932. The minimum atomic E-state index is -0.383. The van der Waals surface area contributed by atoms with Crippen molar-refractivity contribution >= 4 is 5.91 Å². The first kappa shape index (κ1) is 17.3. The average molecular weight is 343 g/mol. The van der Waals surface area contributed by atoms with Crippen molar-refractivity contribution in [3.63, 3.8) is 0 Å². The van der Waals surface area contributed by atoms with Gasteiger partial charge in [-0.05, 0) is 31.0 Å². The summed E-state index contributed by atoms with van der Waals surface area (Å²) in [5.41, 5.74) is 1.20. The van der Waals surface area contributed by atoms with Crippen molar-refractivity contribution < 1.29 is 9.18 Å². The number of hydrogen-bond acceptors (Lipinski definition) is 3. The third-order valence-corrected chi connectivity index (χ3v) is 4.70. The van der Waals surface area contributed by atoms with Gasteiger partial charge in [-0.2, -0.15) is 0 Å². The van der Waals surface area contributed by atoms with Crippen LogP contribution in [-0.4, -0.2) is 33.9 Å². The normalized spacial score (nSPS) is 17.3. The van der Waals surface area contributed by atoms with Gasteiger partial charge in [-0.15, -0.1) is 0 Å². The molecular formula is C19H22FN3O2. The van der Waals surface area contributed by atoms with E-state index in [2.05, 4.69) is 9.97 Å². The number of likely N-dealkylation sites (tertiary alicyclic amines) is 1. The molecule has 0 unspecified atom stereocenters. The van der Waals surface area contributed by atoms with Crippen molar-refractivity contribution in [2.24, 2.45) is 0 Å². The summed E-state index contributed by atoms with van der Waals surface area (Å²) >= 11 is 0. The zero-order valence-electron chi connectivity index (χ0n) is 14.7. The summed E-state index contributed by atoms with van der Waals surface area (Å²) < 4.78 is 13.1. The molecule has 2 heterocycles. The van der Waals surface area contributed by atoms with E-state index in [9.17, 15) is 14.0 Å². The fourth-order valence-electron chi connectivity index (χ4n) is 3.24. The van der Waals surface area contributed by atoms with Gasteiger partial charge in [0.05, 0.1) is 5.69 Å². The molecule has 0 radical (unpaired) electrons. The number of amides is 1. The largest absolute Gasteiger partial charge is 0.338 e. The summed E-state index contributed by atoms with van der Waals surface area (Å²) in [6.45, 7) is 6.67. The Bertz CT molecular complexity index is 843. The Hall–Kier alpha value is -2.50. The molecule has 25 heavy (non-hydrogen) atoms. The highest BCUT2D eigenvalue weighted by Crippen LogP contribution is 2.28. The van der Waals surface area contributed by atoms with Crippen molar-refractivity contribution in [2.45, 2.75) is 39.0 Å². The van der Waals surface area contributed by atoms with Gasteiger partial charge in [0.15, 0.2) is 0 Å². The Morgan fingerprint density at radius 2 is 2.00 bits per heavy atom. The second-order valence-electron chi connectivity index (χ2n) is 6.85. The maximum absolute atomic E-state index is 13.1. The van der Waals surface area contributed by atoms with Gasteiger partial charge in [0, 0.05) is 24.9 Å². The highest BCUT2D eigenvalue weighted by atomic mass is 19.1. The zero-order valence-corrected chi connectivity index (χ0v) is 14.7. The maximum atomic E-state index is 13.1. The molecule has 0 bridgehead atoms. The molecule has 1 saturated heterocycles. The van der Waals surface area contributed by atoms with Gasteiger partial charge in [0.2, 0.25) is 0 Å². The Balaban J connectivity index is 1.81. The van der Waals surface area contributed by atoms with Crippen molar-refractivity contribution in [1.82, 2.24) is 14.9 Å². The standard InChI is InChI=1S/C19H22FN3O2/c1-11(2)17-21-12(3)16(18(24)22-17)19(25)23-9-8-14(10-23)13-4-6-15(20)7-5-13/h4-7,11,14H,8-10H2,1-3H3,(H,21,22,24)/t14-/m0/s1. The number of halogens is 1. The van der Waals surface area contributed by atoms with Crippen LogP contribution in [-0.2, 0) is 0 Å². The van der Waals surface area contributed by atoms with E-state index in [4.69, 9.17) is 0 Å². The lowest BCUT2D eigenvalue weighted by molar-refractivity contribution is 0.0787. The van der Waals surface area contributed by atoms with Gasteiger partial charge in [0.25, 0.3) is 11.5 Å². The Morgan fingerprint density at radius 1 is 1.32 bits per heavy atom. The molecule has 5 nitrogen and oxygen atoms in total. The van der Waals surface area contributed by atoms with Gasteiger partial charge >= 0.3 is 0 Å². The number of H-pyrrole nitrogens is 1. The Kier molecular flexibility index (Phi) is 4.70. The number of aryl methyl sites for hydroxylation is 1. The lowest BCUT2D eigenvalue weighted by Crippen LogP contribution is -2.35. The van der Waals surface area contributed by atoms with Crippen LogP contribution in [0.4, 0.5) is 4.39 Å². The van der Waals surface area contributed by atoms with Crippen molar-refractivity contribution in [3.8, 4) is 0 Å². The molecule has 1 aromatic heterocycles. The first-order valence-corrected chi connectivity index (χ1v) is 8.52. The van der Waals surface area contributed by atoms with Crippen molar-refractivity contribution in [2.75, 3.05) is 13.1 Å². The SMILES string of the molecule is Cc1nc(C(C)C)[nH]c(=O)c1C(=O)N1CC[C@H](c2ccc(F)cc2)C1. The molecule has 0 saturated carbocycles. The molecule has 1 aliphatic rings. The number of rotatable bonds is 3. The number of aromatic nitrogens is 2. The molecule has 1 aliphatic heterocycles. The van der Waals surface area contributed by atoms with Crippen LogP contribution >= 0.6 is 0 Å². The van der Waals surface area contributed by atoms with Crippen LogP contribution < -0.4 is 5.56 Å². The van der Waals surface area contributed by atoms with Crippen LogP contribution in [0.15, 0.2) is 29.1 Å². The molecule has 1 aromatic carbocycles. The van der Waals surface area contributed by atoms with E-state index < -0.39 is 0 Å². The highest BCUT2D eigenvalue weighted by Gasteiger charge is 2.30. The molecule has 6 heteroatoms. The fourth-order valence-corrected chi connectivity index (χ4v) is 3.24. The van der Waals surface area contributed by atoms with Crippen LogP contribution in [0.2, 0.25) is 0 Å². The molecule has 1 N–H and O–H groups in total. The molecule has 1 atom stereocenters. The number of aromatic amines is 1. The van der Waals surface area contributed by atoms with Gasteiger partial charge in [-0.25, -0.2) is 9.37 Å². The fraction of sp³-hybridized carbons (Fsp3) is 0.421. The van der Waals surface area contributed by atoms with Gasteiger partial charge in [-0.3, -0.25) is 9.59 Å². The Morgan fingerprint density at radius 3 is 2.60 bits per heavy atom. The van der Waals surface area contributed by atoms with E-state index in [1.807, 2.05) is 13.8 Å². The minimum Gasteiger partial charge on any atom is -0.338 e. The molecule has 0 aliphatic carbocycles. The number of hydrogen-bond donors (Lipinski definition) is 1. The van der Waals surface area contributed by atoms with Gasteiger partial charge < -0.3 is 9.88 Å². The second kappa shape index (κ2) is 6.78. The van der Waals surface area contributed by atoms with E-state index >= 15 is 0 Å². The highest BCUT2D eigenvalue weighted by molar-refractivity contribution is 5.95. The van der Waals surface area contributed by atoms with Crippen LogP contribution in [0, 0.1) is 12.7 Å². The summed E-state index contributed by atoms with van der Waals surface area (Å²) in [7, 11) is 0. The predicted molar refractivity (Wildman–Crippen MR) is 93.3 cm³/mol. The maximum Gasteiger partial charge on any atom is 0.264 e. The first-order chi connectivity index (χ1) is 11.9. The summed E-state index contributed by atoms with van der Waals surface area (Å²) in [4.78, 5) is 33.9. The molecular weight excluding hydrogens is 321 g/mol. The second-order valence-corrected chi connectivity index (χ2v) is 6.85. The predicted octanol–water partition coefficient (Wildman–Crippen LogP) is 2.97. The third kappa shape index (κ3) is 3.48. The van der Waals surface area contributed by atoms with E-state index in [1.165, 1.54) is 12.1 Å². The Labute approximate surface area is 145 Å². The van der Waals surface area contributed by atoms with Gasteiger partial charge in [0.1, 0.15) is 17.2 Å². The first-order valence-electron chi connectivity index (χ1n) is 8.52. The smallest absolute Gasteiger partial charge is 0.264 e. The number of benzene rings is 1. The van der Waals surface area contributed by atoms with Gasteiger partial charge in [-0.1, -0.05) is 26.0 Å². The molecule has 1 amide bonds. The van der Waals surface area contributed by atoms with Crippen molar-refractivity contribution in [1.29, 1.82) is 0 Å². The van der Waals surface area contributed by atoms with Crippen LogP contribution in [0.5, 0.6) is 0 Å². The van der Waals surface area contributed by atoms with Crippen molar-refractivity contribution in [3.05, 3.63) is 63.1 Å². The average Bonchev–Trinajstić information content (AvgIpc) is 3.04. The van der Waals surface area contributed by atoms with E-state index in [0.717, 1.165) is 12.0 Å². The monoisotopic (exact) mass is 343 g/mol. The minimum absolute atomic E-state index is 0.0881. The topological polar surface area (TPSA) is 66.1 Å². The number of carbonyl (C=O) groups is 1. The summed E-state index contributed by atoms with van der Waals surface area (Å²) in [6, 6.07) is 6.38. The molecule has 3 rings (SSSR count). The lowest BCUT2D eigenvalue weighted by Gasteiger charge is -2.18. The van der Waals surface area contributed by atoms with E-state index in [-0.39, 0.29) is 34.7 Å². The summed E-state index contributed by atoms with van der Waals surface area (Å²) in [6.07, 6.45) is 0.797. The summed E-state index contributed by atoms with van der Waals surface area (Å²) in [5, 5.41) is 0. The van der Waals surface area contributed by atoms with Crippen LogP contribution in [0.1, 0.15) is 59.5 Å². The van der Waals surface area contributed by atoms with Crippen LogP contribution in [0.25, 0.3) is 0 Å². The number of nitrogens with zero attached hydrogens (tertiary/aromatic N) is 2. The molecule has 132 valence electrons. The zero-order chi connectivity index (χ0) is 18.1. The van der Waals surface area contributed by atoms with E-state index in [1.54, 1.807) is 24.0 Å².